The van der Waals surface area contributed by atoms with Crippen LogP contribution in [0.3, 0.4) is 0 Å². The maximum atomic E-state index is 9.40. The fraction of sp³-hybridized carbons (Fsp3) is 0.100. The molecule has 0 aliphatic rings. The number of hydrogen-bond donors (Lipinski definition) is 2. The van der Waals surface area contributed by atoms with Gasteiger partial charge in [0.1, 0.15) is 6.61 Å². The van der Waals surface area contributed by atoms with Gasteiger partial charge in [-0.25, -0.2) is 0 Å². The van der Waals surface area contributed by atoms with E-state index in [2.05, 4.69) is 5.16 Å². The number of nitrogen functional groups attached to an aromatic ring is 1. The molecule has 0 spiro atoms. The number of rotatable bonds is 3. The van der Waals surface area contributed by atoms with Crippen LogP contribution in [0.25, 0.3) is 0 Å². The fourth-order valence-electron chi connectivity index (χ4n) is 1.13. The van der Waals surface area contributed by atoms with Gasteiger partial charge in [-0.1, -0.05) is 17.3 Å². The van der Waals surface area contributed by atoms with E-state index >= 15 is 0 Å². The first kappa shape index (κ1) is 9.39. The third kappa shape index (κ3) is 2.19. The molecule has 2 aromatic rings. The van der Waals surface area contributed by atoms with Gasteiger partial charge in [0.2, 0.25) is 0 Å². The molecular formula is C10H10N2O3. The van der Waals surface area contributed by atoms with Crippen LogP contribution in [-0.2, 0) is 6.61 Å². The summed E-state index contributed by atoms with van der Waals surface area (Å²) in [6.45, 7) is 0.182. The first-order valence-electron chi connectivity index (χ1n) is 4.37. The number of phenolic OH excluding ortho intramolecular Hbond substituents is 1. The highest BCUT2D eigenvalue weighted by Crippen LogP contribution is 2.25. The second kappa shape index (κ2) is 3.91. The van der Waals surface area contributed by atoms with E-state index in [0.717, 1.165) is 0 Å². The van der Waals surface area contributed by atoms with E-state index in [4.69, 9.17) is 15.0 Å². The van der Waals surface area contributed by atoms with E-state index in [1.807, 2.05) is 0 Å². The van der Waals surface area contributed by atoms with Gasteiger partial charge < -0.3 is 20.1 Å². The molecule has 0 saturated heterocycles. The Hall–Kier alpha value is -2.17. The highest BCUT2D eigenvalue weighted by molar-refractivity contribution is 5.38. The zero-order chi connectivity index (χ0) is 10.7. The number of anilines is 1. The van der Waals surface area contributed by atoms with Gasteiger partial charge in [0, 0.05) is 6.07 Å². The van der Waals surface area contributed by atoms with Gasteiger partial charge in [-0.05, 0) is 12.1 Å². The van der Waals surface area contributed by atoms with Gasteiger partial charge in [-0.3, -0.25) is 0 Å². The number of phenols is 1. The minimum Gasteiger partial charge on any atom is -0.504 e. The lowest BCUT2D eigenvalue weighted by molar-refractivity contribution is 0.241. The molecule has 0 atom stereocenters. The van der Waals surface area contributed by atoms with Crippen LogP contribution in [-0.4, -0.2) is 10.3 Å². The van der Waals surface area contributed by atoms with Crippen LogP contribution in [0.4, 0.5) is 5.82 Å². The molecule has 0 amide bonds. The normalized spacial score (nSPS) is 10.1. The van der Waals surface area contributed by atoms with E-state index in [1.165, 1.54) is 0 Å². The summed E-state index contributed by atoms with van der Waals surface area (Å²) in [5.74, 6) is 1.30. The van der Waals surface area contributed by atoms with Crippen molar-refractivity contribution in [3.8, 4) is 11.5 Å². The molecule has 2 rings (SSSR count). The van der Waals surface area contributed by atoms with E-state index < -0.39 is 0 Å². The van der Waals surface area contributed by atoms with Gasteiger partial charge in [-0.2, -0.15) is 0 Å². The highest BCUT2D eigenvalue weighted by atomic mass is 16.5. The summed E-state index contributed by atoms with van der Waals surface area (Å²) in [6.07, 6.45) is 0. The third-order valence-electron chi connectivity index (χ3n) is 1.81. The Morgan fingerprint density at radius 2 is 2.20 bits per heavy atom. The molecule has 1 heterocycles. The molecule has 3 N–H and O–H groups in total. The van der Waals surface area contributed by atoms with Gasteiger partial charge in [0.05, 0.1) is 0 Å². The third-order valence-corrected chi connectivity index (χ3v) is 1.81. The molecule has 15 heavy (non-hydrogen) atoms. The number of nitrogens with two attached hydrogens (primary N) is 1. The zero-order valence-electron chi connectivity index (χ0n) is 7.88. The van der Waals surface area contributed by atoms with Crippen molar-refractivity contribution in [2.45, 2.75) is 6.61 Å². The molecule has 0 aliphatic heterocycles. The monoisotopic (exact) mass is 206 g/mol. The summed E-state index contributed by atoms with van der Waals surface area (Å²) in [5.41, 5.74) is 5.37. The molecule has 0 aliphatic carbocycles. The summed E-state index contributed by atoms with van der Waals surface area (Å²) in [4.78, 5) is 0. The first-order chi connectivity index (χ1) is 7.25. The SMILES string of the molecule is Nc1cc(COc2ccccc2O)on1. The molecule has 0 bridgehead atoms. The number of benzene rings is 1. The largest absolute Gasteiger partial charge is 0.504 e. The van der Waals surface area contributed by atoms with Crippen LogP contribution < -0.4 is 10.5 Å². The van der Waals surface area contributed by atoms with Crippen molar-refractivity contribution in [2.24, 2.45) is 0 Å². The van der Waals surface area contributed by atoms with Crippen molar-refractivity contribution in [2.75, 3.05) is 5.73 Å². The summed E-state index contributed by atoms with van der Waals surface area (Å²) in [5, 5.41) is 12.9. The number of aromatic nitrogens is 1. The van der Waals surface area contributed by atoms with Crippen molar-refractivity contribution >= 4 is 5.82 Å². The van der Waals surface area contributed by atoms with Crippen LogP contribution in [0.2, 0.25) is 0 Å². The van der Waals surface area contributed by atoms with Crippen LogP contribution in [0.5, 0.6) is 11.5 Å². The quantitative estimate of drug-likeness (QED) is 0.796. The second-order valence-electron chi connectivity index (χ2n) is 2.97. The Bertz CT molecular complexity index is 453. The van der Waals surface area contributed by atoms with E-state index in [-0.39, 0.29) is 12.4 Å². The molecule has 0 fully saturated rings. The van der Waals surface area contributed by atoms with E-state index in [0.29, 0.717) is 17.3 Å². The van der Waals surface area contributed by atoms with Crippen molar-refractivity contribution in [3.63, 3.8) is 0 Å². The molecule has 1 aromatic carbocycles. The Morgan fingerprint density at radius 3 is 2.87 bits per heavy atom. The fourth-order valence-corrected chi connectivity index (χ4v) is 1.13. The predicted octanol–water partition coefficient (Wildman–Crippen LogP) is 1.54. The minimum absolute atomic E-state index is 0.0880. The molecule has 1 aromatic heterocycles. The number of ether oxygens (including phenoxy) is 1. The minimum atomic E-state index is 0.0880. The maximum Gasteiger partial charge on any atom is 0.176 e. The summed E-state index contributed by atoms with van der Waals surface area (Å²) in [7, 11) is 0. The van der Waals surface area contributed by atoms with Crippen LogP contribution >= 0.6 is 0 Å². The lowest BCUT2D eigenvalue weighted by Gasteiger charge is -2.04. The molecule has 0 unspecified atom stereocenters. The summed E-state index contributed by atoms with van der Waals surface area (Å²) >= 11 is 0. The predicted molar refractivity (Wildman–Crippen MR) is 53.4 cm³/mol. The smallest absolute Gasteiger partial charge is 0.176 e. The van der Waals surface area contributed by atoms with Gasteiger partial charge >= 0.3 is 0 Å². The van der Waals surface area contributed by atoms with Crippen LogP contribution in [0.1, 0.15) is 5.76 Å². The summed E-state index contributed by atoms with van der Waals surface area (Å²) < 4.78 is 10.1. The average molecular weight is 206 g/mol. The summed E-state index contributed by atoms with van der Waals surface area (Å²) in [6, 6.07) is 8.26. The molecular weight excluding hydrogens is 196 g/mol. The average Bonchev–Trinajstić information content (AvgIpc) is 2.63. The van der Waals surface area contributed by atoms with Crippen LogP contribution in [0.15, 0.2) is 34.9 Å². The van der Waals surface area contributed by atoms with Crippen molar-refractivity contribution in [1.29, 1.82) is 0 Å². The number of hydrogen-bond acceptors (Lipinski definition) is 5. The Morgan fingerprint density at radius 1 is 1.40 bits per heavy atom. The first-order valence-corrected chi connectivity index (χ1v) is 4.37. The molecule has 0 saturated carbocycles. The van der Waals surface area contributed by atoms with Gasteiger partial charge in [0.25, 0.3) is 0 Å². The zero-order valence-corrected chi connectivity index (χ0v) is 7.88. The van der Waals surface area contributed by atoms with Gasteiger partial charge in [0.15, 0.2) is 23.1 Å². The number of aromatic hydroxyl groups is 1. The molecule has 5 nitrogen and oxygen atoms in total. The van der Waals surface area contributed by atoms with Crippen LogP contribution in [0, 0.1) is 0 Å². The lowest BCUT2D eigenvalue weighted by atomic mass is 10.3. The standard InChI is InChI=1S/C10H10N2O3/c11-10-5-7(15-12-10)6-14-9-4-2-1-3-8(9)13/h1-5,13H,6H2,(H2,11,12). The van der Waals surface area contributed by atoms with Gasteiger partial charge in [-0.15, -0.1) is 0 Å². The Balaban J connectivity index is 2.02. The number of para-hydroxylation sites is 2. The van der Waals surface area contributed by atoms with E-state index in [9.17, 15) is 5.11 Å². The van der Waals surface area contributed by atoms with Crippen molar-refractivity contribution in [3.05, 3.63) is 36.1 Å². The lowest BCUT2D eigenvalue weighted by Crippen LogP contribution is -1.93. The molecule has 0 radical (unpaired) electrons. The molecule has 5 heteroatoms. The Labute approximate surface area is 86.1 Å². The van der Waals surface area contributed by atoms with Crippen molar-refractivity contribution < 1.29 is 14.4 Å². The second-order valence-corrected chi connectivity index (χ2v) is 2.97. The van der Waals surface area contributed by atoms with E-state index in [1.54, 1.807) is 30.3 Å². The molecule has 78 valence electrons. The highest BCUT2D eigenvalue weighted by Gasteiger charge is 2.04. The van der Waals surface area contributed by atoms with Crippen molar-refractivity contribution in [1.82, 2.24) is 5.16 Å². The Kier molecular flexibility index (Phi) is 2.45. The number of nitrogens with zero attached hydrogens (tertiary/aromatic N) is 1. The maximum absolute atomic E-state index is 9.40. The topological polar surface area (TPSA) is 81.5 Å².